The van der Waals surface area contributed by atoms with Crippen molar-refractivity contribution in [3.8, 4) is 0 Å². The van der Waals surface area contributed by atoms with E-state index in [1.165, 1.54) is 0 Å². The van der Waals surface area contributed by atoms with Gasteiger partial charge in [0, 0.05) is 25.7 Å². The lowest BCUT2D eigenvalue weighted by Crippen LogP contribution is -2.50. The minimum absolute atomic E-state index is 0.0759. The summed E-state index contributed by atoms with van der Waals surface area (Å²) >= 11 is 0. The van der Waals surface area contributed by atoms with Crippen LogP contribution in [0.15, 0.2) is 30.3 Å². The number of amides is 1. The molecule has 1 saturated heterocycles. The Morgan fingerprint density at radius 1 is 1.25 bits per heavy atom. The van der Waals surface area contributed by atoms with Crippen LogP contribution in [0.25, 0.3) is 0 Å². The lowest BCUT2D eigenvalue weighted by molar-refractivity contribution is -0.132. The summed E-state index contributed by atoms with van der Waals surface area (Å²) in [6.45, 7) is 1.73. The summed E-state index contributed by atoms with van der Waals surface area (Å²) in [5, 5.41) is 8.04. The molecule has 0 aliphatic carbocycles. The summed E-state index contributed by atoms with van der Waals surface area (Å²) in [4.78, 5) is 15.0. The van der Waals surface area contributed by atoms with Gasteiger partial charge in [0.1, 0.15) is 5.84 Å². The maximum atomic E-state index is 11.5. The van der Waals surface area contributed by atoms with Gasteiger partial charge in [-0.2, -0.15) is 0 Å². The number of carbonyl (C=O) groups excluding carboxylic acids is 1. The minimum atomic E-state index is 0.0759. The van der Waals surface area contributed by atoms with E-state index in [-0.39, 0.29) is 5.91 Å². The highest BCUT2D eigenvalue weighted by molar-refractivity contribution is 5.98. The minimum Gasteiger partial charge on any atom is -0.346 e. The fourth-order valence-electron chi connectivity index (χ4n) is 1.73. The molecular formula is C12H15N3O. The van der Waals surface area contributed by atoms with E-state index in [9.17, 15) is 4.79 Å². The second-order valence-electron chi connectivity index (χ2n) is 3.95. The molecule has 0 saturated carbocycles. The normalized spacial score (nSPS) is 16.4. The Balaban J connectivity index is 2.09. The van der Waals surface area contributed by atoms with Gasteiger partial charge in [-0.25, -0.2) is 0 Å². The number of rotatable bonds is 1. The van der Waals surface area contributed by atoms with Crippen LogP contribution in [-0.4, -0.2) is 48.2 Å². The predicted octanol–water partition coefficient (Wildman–Crippen LogP) is 0.786. The van der Waals surface area contributed by atoms with Crippen LogP contribution < -0.4 is 0 Å². The molecule has 1 aliphatic heterocycles. The Bertz CT molecular complexity index is 402. The summed E-state index contributed by atoms with van der Waals surface area (Å²) in [6.07, 6.45) is 0. The first-order valence-electron chi connectivity index (χ1n) is 5.31. The number of benzene rings is 1. The maximum Gasteiger partial charge on any atom is 0.241 e. The topological polar surface area (TPSA) is 47.4 Å². The molecule has 1 fully saturated rings. The Kier molecular flexibility index (Phi) is 2.90. The monoisotopic (exact) mass is 217 g/mol. The van der Waals surface area contributed by atoms with Gasteiger partial charge >= 0.3 is 0 Å². The van der Waals surface area contributed by atoms with Crippen LogP contribution in [0.2, 0.25) is 0 Å². The molecule has 0 atom stereocenters. The molecule has 2 rings (SSSR count). The van der Waals surface area contributed by atoms with Crippen molar-refractivity contribution in [1.29, 1.82) is 5.41 Å². The van der Waals surface area contributed by atoms with Gasteiger partial charge in [-0.1, -0.05) is 30.3 Å². The maximum absolute atomic E-state index is 11.5. The van der Waals surface area contributed by atoms with Crippen molar-refractivity contribution in [2.75, 3.05) is 26.7 Å². The molecule has 0 unspecified atom stereocenters. The fourth-order valence-corrected chi connectivity index (χ4v) is 1.73. The van der Waals surface area contributed by atoms with Crippen LogP contribution in [0, 0.1) is 5.41 Å². The summed E-state index contributed by atoms with van der Waals surface area (Å²) in [6, 6.07) is 9.52. The van der Waals surface area contributed by atoms with Crippen LogP contribution in [0.1, 0.15) is 5.56 Å². The van der Waals surface area contributed by atoms with Gasteiger partial charge in [0.2, 0.25) is 5.91 Å². The van der Waals surface area contributed by atoms with Gasteiger partial charge < -0.3 is 9.80 Å². The summed E-state index contributed by atoms with van der Waals surface area (Å²) in [7, 11) is 1.80. The van der Waals surface area contributed by atoms with E-state index >= 15 is 0 Å². The predicted molar refractivity (Wildman–Crippen MR) is 62.5 cm³/mol. The SMILES string of the molecule is CN1CCN(C(=N)c2ccccc2)CC1=O. The highest BCUT2D eigenvalue weighted by Crippen LogP contribution is 2.08. The number of hydrogen-bond donors (Lipinski definition) is 1. The molecule has 0 bridgehead atoms. The summed E-state index contributed by atoms with van der Waals surface area (Å²) in [5.41, 5.74) is 0.861. The van der Waals surface area contributed by atoms with Gasteiger partial charge in [0.05, 0.1) is 6.54 Å². The molecule has 1 aromatic carbocycles. The standard InChI is InChI=1S/C12H15N3O/c1-14-7-8-15(9-11(14)16)12(13)10-5-3-2-4-6-10/h2-6,13H,7-9H2,1H3. The molecule has 16 heavy (non-hydrogen) atoms. The quantitative estimate of drug-likeness (QED) is 0.558. The van der Waals surface area contributed by atoms with Gasteiger partial charge in [-0.15, -0.1) is 0 Å². The zero-order chi connectivity index (χ0) is 11.5. The van der Waals surface area contributed by atoms with Gasteiger partial charge in [-0.3, -0.25) is 10.2 Å². The van der Waals surface area contributed by atoms with Crippen LogP contribution in [-0.2, 0) is 4.79 Å². The first-order chi connectivity index (χ1) is 7.68. The zero-order valence-corrected chi connectivity index (χ0v) is 9.31. The number of likely N-dealkylation sites (N-methyl/N-ethyl adjacent to an activating group) is 1. The summed E-state index contributed by atoms with van der Waals surface area (Å²) in [5.74, 6) is 0.508. The van der Waals surface area contributed by atoms with Crippen molar-refractivity contribution >= 4 is 11.7 Å². The Labute approximate surface area is 95.0 Å². The second-order valence-corrected chi connectivity index (χ2v) is 3.95. The molecule has 1 aromatic rings. The Morgan fingerprint density at radius 2 is 1.94 bits per heavy atom. The molecule has 4 heteroatoms. The number of hydrogen-bond acceptors (Lipinski definition) is 2. The first-order valence-corrected chi connectivity index (χ1v) is 5.31. The highest BCUT2D eigenvalue weighted by Gasteiger charge is 2.23. The van der Waals surface area contributed by atoms with Crippen LogP contribution in [0.4, 0.5) is 0 Å². The van der Waals surface area contributed by atoms with Crippen LogP contribution in [0.3, 0.4) is 0 Å². The third-order valence-electron chi connectivity index (χ3n) is 2.82. The van der Waals surface area contributed by atoms with Gasteiger partial charge in [0.25, 0.3) is 0 Å². The second kappa shape index (κ2) is 4.35. The molecule has 0 radical (unpaired) electrons. The highest BCUT2D eigenvalue weighted by atomic mass is 16.2. The van der Waals surface area contributed by atoms with E-state index in [1.807, 2.05) is 35.2 Å². The molecule has 1 heterocycles. The van der Waals surface area contributed by atoms with Crippen LogP contribution >= 0.6 is 0 Å². The molecule has 0 spiro atoms. The largest absolute Gasteiger partial charge is 0.346 e. The number of amidine groups is 1. The van der Waals surface area contributed by atoms with Crippen molar-refractivity contribution in [1.82, 2.24) is 9.80 Å². The fraction of sp³-hybridized carbons (Fsp3) is 0.333. The van der Waals surface area contributed by atoms with E-state index in [4.69, 9.17) is 5.41 Å². The van der Waals surface area contributed by atoms with Crippen molar-refractivity contribution in [2.24, 2.45) is 0 Å². The Morgan fingerprint density at radius 3 is 2.56 bits per heavy atom. The van der Waals surface area contributed by atoms with E-state index in [0.29, 0.717) is 18.9 Å². The number of nitrogens with zero attached hydrogens (tertiary/aromatic N) is 2. The number of carbonyl (C=O) groups is 1. The molecule has 84 valence electrons. The third kappa shape index (κ3) is 2.05. The molecule has 1 N–H and O–H groups in total. The van der Waals surface area contributed by atoms with Crippen molar-refractivity contribution in [3.05, 3.63) is 35.9 Å². The number of piperazine rings is 1. The van der Waals surface area contributed by atoms with Crippen molar-refractivity contribution < 1.29 is 4.79 Å². The van der Waals surface area contributed by atoms with Gasteiger partial charge in [-0.05, 0) is 0 Å². The van der Waals surface area contributed by atoms with E-state index < -0.39 is 0 Å². The Hall–Kier alpha value is -1.84. The lowest BCUT2D eigenvalue weighted by Gasteiger charge is -2.33. The average molecular weight is 217 g/mol. The van der Waals surface area contributed by atoms with Crippen LogP contribution in [0.5, 0.6) is 0 Å². The molecule has 1 amide bonds. The smallest absolute Gasteiger partial charge is 0.241 e. The van der Waals surface area contributed by atoms with Crippen molar-refractivity contribution in [2.45, 2.75) is 0 Å². The molecule has 4 nitrogen and oxygen atoms in total. The van der Waals surface area contributed by atoms with Gasteiger partial charge in [0.15, 0.2) is 0 Å². The lowest BCUT2D eigenvalue weighted by atomic mass is 10.1. The molecule has 0 aromatic heterocycles. The zero-order valence-electron chi connectivity index (χ0n) is 9.31. The van der Waals surface area contributed by atoms with E-state index in [2.05, 4.69) is 0 Å². The molecular weight excluding hydrogens is 202 g/mol. The molecule has 1 aliphatic rings. The third-order valence-corrected chi connectivity index (χ3v) is 2.82. The van der Waals surface area contributed by atoms with E-state index in [0.717, 1.165) is 12.1 Å². The van der Waals surface area contributed by atoms with Crippen molar-refractivity contribution in [3.63, 3.8) is 0 Å². The van der Waals surface area contributed by atoms with E-state index in [1.54, 1.807) is 11.9 Å². The first kappa shape index (κ1) is 10.7. The average Bonchev–Trinajstić information content (AvgIpc) is 2.33. The summed E-state index contributed by atoms with van der Waals surface area (Å²) < 4.78 is 0. The number of nitrogens with one attached hydrogen (secondary N) is 1.